The van der Waals surface area contributed by atoms with Gasteiger partial charge in [-0.05, 0) is 48.9 Å². The molecule has 17 heavy (non-hydrogen) atoms. The fraction of sp³-hybridized carbons (Fsp3) is 0.667. The summed E-state index contributed by atoms with van der Waals surface area (Å²) in [7, 11) is 0. The Hall–Kier alpha value is -0.890. The van der Waals surface area contributed by atoms with Crippen molar-refractivity contribution in [3.05, 3.63) is 30.1 Å². The topological polar surface area (TPSA) is 24.9 Å². The van der Waals surface area contributed by atoms with E-state index in [1.807, 2.05) is 12.4 Å². The van der Waals surface area contributed by atoms with Crippen LogP contribution in [0, 0.1) is 5.41 Å². The molecular formula is C15H24N2. The number of nitrogens with one attached hydrogen (secondary N) is 1. The van der Waals surface area contributed by atoms with Gasteiger partial charge in [-0.1, -0.05) is 26.7 Å². The molecular weight excluding hydrogens is 208 g/mol. The third kappa shape index (κ3) is 3.53. The van der Waals surface area contributed by atoms with Crippen LogP contribution >= 0.6 is 0 Å². The zero-order valence-corrected chi connectivity index (χ0v) is 11.1. The summed E-state index contributed by atoms with van der Waals surface area (Å²) in [4.78, 5) is 4.05. The minimum Gasteiger partial charge on any atom is -0.313 e. The smallest absolute Gasteiger partial charge is 0.0270 e. The van der Waals surface area contributed by atoms with Crippen molar-refractivity contribution in [3.63, 3.8) is 0 Å². The molecule has 1 aliphatic rings. The van der Waals surface area contributed by atoms with Crippen LogP contribution in [-0.2, 0) is 6.42 Å². The molecule has 94 valence electrons. The Morgan fingerprint density at radius 1 is 1.29 bits per heavy atom. The number of hydrogen-bond acceptors (Lipinski definition) is 2. The van der Waals surface area contributed by atoms with Crippen molar-refractivity contribution in [1.29, 1.82) is 0 Å². The molecule has 2 heteroatoms. The van der Waals surface area contributed by atoms with Crippen LogP contribution in [0.3, 0.4) is 0 Å². The lowest BCUT2D eigenvalue weighted by Crippen LogP contribution is -2.44. The number of rotatable bonds is 4. The van der Waals surface area contributed by atoms with Gasteiger partial charge >= 0.3 is 0 Å². The Kier molecular flexibility index (Phi) is 4.16. The van der Waals surface area contributed by atoms with Gasteiger partial charge in [0.1, 0.15) is 0 Å². The van der Waals surface area contributed by atoms with Gasteiger partial charge in [-0.3, -0.25) is 4.98 Å². The number of pyridine rings is 1. The van der Waals surface area contributed by atoms with E-state index in [4.69, 9.17) is 0 Å². The third-order valence-corrected chi connectivity index (χ3v) is 4.06. The Balaban J connectivity index is 1.78. The van der Waals surface area contributed by atoms with Crippen molar-refractivity contribution in [1.82, 2.24) is 10.3 Å². The van der Waals surface area contributed by atoms with Gasteiger partial charge in [0, 0.05) is 18.4 Å². The van der Waals surface area contributed by atoms with E-state index in [1.165, 1.54) is 31.2 Å². The summed E-state index contributed by atoms with van der Waals surface area (Å²) in [5.74, 6) is 0. The second-order valence-corrected chi connectivity index (χ2v) is 5.85. The van der Waals surface area contributed by atoms with Crippen LogP contribution in [0.4, 0.5) is 0 Å². The summed E-state index contributed by atoms with van der Waals surface area (Å²) in [6.07, 6.45) is 10.3. The fourth-order valence-electron chi connectivity index (χ4n) is 2.81. The Morgan fingerprint density at radius 3 is 2.76 bits per heavy atom. The molecule has 1 aliphatic carbocycles. The standard InChI is InChI=1S/C15H24N2/c1-15(2)9-4-3-5-14(15)17-12-8-13-6-10-16-11-7-13/h6-7,10-11,14,17H,3-5,8-9,12H2,1-2H3. The average molecular weight is 232 g/mol. The van der Waals surface area contributed by atoms with E-state index in [0.29, 0.717) is 11.5 Å². The molecule has 0 bridgehead atoms. The number of aromatic nitrogens is 1. The third-order valence-electron chi connectivity index (χ3n) is 4.06. The highest BCUT2D eigenvalue weighted by atomic mass is 14.9. The van der Waals surface area contributed by atoms with Gasteiger partial charge in [-0.15, -0.1) is 0 Å². The lowest BCUT2D eigenvalue weighted by Gasteiger charge is -2.39. The lowest BCUT2D eigenvalue weighted by molar-refractivity contribution is 0.169. The Bertz CT molecular complexity index is 332. The first-order valence-electron chi connectivity index (χ1n) is 6.81. The highest BCUT2D eigenvalue weighted by Crippen LogP contribution is 2.35. The second kappa shape index (κ2) is 5.63. The summed E-state index contributed by atoms with van der Waals surface area (Å²) in [6.45, 7) is 5.88. The van der Waals surface area contributed by atoms with Crippen LogP contribution in [0.1, 0.15) is 45.1 Å². The van der Waals surface area contributed by atoms with Gasteiger partial charge in [0.05, 0.1) is 0 Å². The molecule has 0 saturated heterocycles. The zero-order chi connectivity index (χ0) is 12.1. The molecule has 1 aromatic rings. The Labute approximate surface area is 105 Å². The van der Waals surface area contributed by atoms with Crippen molar-refractivity contribution in [2.75, 3.05) is 6.54 Å². The van der Waals surface area contributed by atoms with Gasteiger partial charge in [-0.2, -0.15) is 0 Å². The normalized spacial score (nSPS) is 23.5. The van der Waals surface area contributed by atoms with Crippen LogP contribution in [0.25, 0.3) is 0 Å². The predicted molar refractivity (Wildman–Crippen MR) is 72.0 cm³/mol. The van der Waals surface area contributed by atoms with E-state index >= 15 is 0 Å². The summed E-state index contributed by atoms with van der Waals surface area (Å²) < 4.78 is 0. The van der Waals surface area contributed by atoms with Gasteiger partial charge in [0.15, 0.2) is 0 Å². The van der Waals surface area contributed by atoms with E-state index in [0.717, 1.165) is 13.0 Å². The molecule has 1 unspecified atom stereocenters. The fourth-order valence-corrected chi connectivity index (χ4v) is 2.81. The molecule has 0 spiro atoms. The zero-order valence-electron chi connectivity index (χ0n) is 11.1. The van der Waals surface area contributed by atoms with Crippen molar-refractivity contribution in [2.45, 2.75) is 52.0 Å². The minimum atomic E-state index is 0.469. The van der Waals surface area contributed by atoms with Crippen molar-refractivity contribution < 1.29 is 0 Å². The molecule has 1 N–H and O–H groups in total. The first-order chi connectivity index (χ1) is 8.18. The van der Waals surface area contributed by atoms with E-state index in [1.54, 1.807) is 0 Å². The summed E-state index contributed by atoms with van der Waals surface area (Å²) in [6, 6.07) is 4.90. The predicted octanol–water partition coefficient (Wildman–Crippen LogP) is 3.18. The van der Waals surface area contributed by atoms with Gasteiger partial charge < -0.3 is 5.32 Å². The molecule has 1 fully saturated rings. The number of nitrogens with zero attached hydrogens (tertiary/aromatic N) is 1. The molecule has 1 saturated carbocycles. The molecule has 2 rings (SSSR count). The SMILES string of the molecule is CC1(C)CCCCC1NCCc1ccncc1. The summed E-state index contributed by atoms with van der Waals surface area (Å²) in [5, 5.41) is 3.74. The largest absolute Gasteiger partial charge is 0.313 e. The second-order valence-electron chi connectivity index (χ2n) is 5.85. The van der Waals surface area contributed by atoms with Crippen LogP contribution in [0.2, 0.25) is 0 Å². The summed E-state index contributed by atoms with van der Waals surface area (Å²) in [5.41, 5.74) is 1.84. The molecule has 2 nitrogen and oxygen atoms in total. The van der Waals surface area contributed by atoms with Gasteiger partial charge in [0.2, 0.25) is 0 Å². The van der Waals surface area contributed by atoms with Crippen molar-refractivity contribution in [2.24, 2.45) is 5.41 Å². The van der Waals surface area contributed by atoms with E-state index < -0.39 is 0 Å². The average Bonchev–Trinajstić information content (AvgIpc) is 2.32. The maximum Gasteiger partial charge on any atom is 0.0270 e. The van der Waals surface area contributed by atoms with Crippen molar-refractivity contribution >= 4 is 0 Å². The van der Waals surface area contributed by atoms with Gasteiger partial charge in [0.25, 0.3) is 0 Å². The number of hydrogen-bond donors (Lipinski definition) is 1. The molecule has 0 radical (unpaired) electrons. The van der Waals surface area contributed by atoms with E-state index in [-0.39, 0.29) is 0 Å². The molecule has 0 aliphatic heterocycles. The lowest BCUT2D eigenvalue weighted by atomic mass is 9.73. The molecule has 1 heterocycles. The molecule has 0 amide bonds. The first kappa shape index (κ1) is 12.6. The van der Waals surface area contributed by atoms with Crippen molar-refractivity contribution in [3.8, 4) is 0 Å². The highest BCUT2D eigenvalue weighted by molar-refractivity contribution is 5.10. The monoisotopic (exact) mass is 232 g/mol. The maximum atomic E-state index is 4.05. The first-order valence-corrected chi connectivity index (χ1v) is 6.81. The molecule has 0 aromatic carbocycles. The highest BCUT2D eigenvalue weighted by Gasteiger charge is 2.31. The summed E-state index contributed by atoms with van der Waals surface area (Å²) >= 11 is 0. The molecule has 1 atom stereocenters. The maximum absolute atomic E-state index is 4.05. The van der Waals surface area contributed by atoms with Crippen LogP contribution in [0.5, 0.6) is 0 Å². The van der Waals surface area contributed by atoms with Crippen LogP contribution in [0.15, 0.2) is 24.5 Å². The molecule has 1 aromatic heterocycles. The van der Waals surface area contributed by atoms with Crippen LogP contribution in [-0.4, -0.2) is 17.6 Å². The quantitative estimate of drug-likeness (QED) is 0.862. The Morgan fingerprint density at radius 2 is 2.06 bits per heavy atom. The minimum absolute atomic E-state index is 0.469. The van der Waals surface area contributed by atoms with E-state index in [9.17, 15) is 0 Å². The van der Waals surface area contributed by atoms with Crippen LogP contribution < -0.4 is 5.32 Å². The van der Waals surface area contributed by atoms with E-state index in [2.05, 4.69) is 36.3 Å². The van der Waals surface area contributed by atoms with Gasteiger partial charge in [-0.25, -0.2) is 0 Å².